The number of amides is 3. The first-order valence-corrected chi connectivity index (χ1v) is 20.0. The second-order valence-electron chi connectivity index (χ2n) is 13.9. The van der Waals surface area contributed by atoms with E-state index in [1.807, 2.05) is 108 Å². The Morgan fingerprint density at radius 1 is 1.02 bits per heavy atom. The summed E-state index contributed by atoms with van der Waals surface area (Å²) in [4.78, 5) is 43.5. The molecule has 1 fully saturated rings. The van der Waals surface area contributed by atoms with Crippen molar-refractivity contribution >= 4 is 54.1 Å². The number of ether oxygens (including phenoxy) is 1. The van der Waals surface area contributed by atoms with Crippen molar-refractivity contribution in [3.63, 3.8) is 0 Å². The summed E-state index contributed by atoms with van der Waals surface area (Å²) in [5.41, 5.74) is 6.67. The molecule has 4 aromatic rings. The molecule has 2 atom stereocenters. The molecule has 2 unspecified atom stereocenters. The summed E-state index contributed by atoms with van der Waals surface area (Å²) >= 11 is 3.25. The largest absolute Gasteiger partial charge is 0.444 e. The summed E-state index contributed by atoms with van der Waals surface area (Å²) in [6.07, 6.45) is 2.25. The Balaban J connectivity index is 0.000000398. The van der Waals surface area contributed by atoms with Crippen LogP contribution in [0, 0.1) is 6.92 Å². The smallest absolute Gasteiger partial charge is 0.407 e. The number of para-hydroxylation sites is 2. The third-order valence-corrected chi connectivity index (χ3v) is 8.73. The summed E-state index contributed by atoms with van der Waals surface area (Å²) < 4.78 is 25.0. The quantitative estimate of drug-likeness (QED) is 0.0324. The number of aliphatic hydroxyl groups excluding tert-OH is 2. The molecule has 0 aliphatic carbocycles. The summed E-state index contributed by atoms with van der Waals surface area (Å²) in [7, 11) is 0. The van der Waals surface area contributed by atoms with Crippen LogP contribution < -0.4 is 16.1 Å². The molecular formula is C41H58FN5O8S2. The van der Waals surface area contributed by atoms with E-state index in [0.29, 0.717) is 37.2 Å². The van der Waals surface area contributed by atoms with Gasteiger partial charge in [-0.05, 0) is 82.3 Å². The summed E-state index contributed by atoms with van der Waals surface area (Å²) in [6, 6.07) is 22.1. The first-order valence-electron chi connectivity index (χ1n) is 18.9. The highest BCUT2D eigenvalue weighted by molar-refractivity contribution is 7.94. The third kappa shape index (κ3) is 18.7. The van der Waals surface area contributed by atoms with Crippen molar-refractivity contribution in [3.8, 4) is 0 Å². The second kappa shape index (κ2) is 26.7. The zero-order valence-electron chi connectivity index (χ0n) is 33.6. The van der Waals surface area contributed by atoms with Crippen molar-refractivity contribution < 1.29 is 41.9 Å². The fourth-order valence-corrected chi connectivity index (χ4v) is 5.74. The number of hydrogen-bond donors (Lipinski definition) is 6. The number of thiol groups is 1. The van der Waals surface area contributed by atoms with Gasteiger partial charge in [-0.3, -0.25) is 9.59 Å². The van der Waals surface area contributed by atoms with E-state index in [2.05, 4.69) is 28.0 Å². The Kier molecular flexibility index (Phi) is 22.9. The number of aromatic nitrogens is 1. The number of nitrogens with zero attached hydrogens (tertiary/aromatic N) is 2. The molecule has 0 saturated carbocycles. The average molecular weight is 832 g/mol. The van der Waals surface area contributed by atoms with Gasteiger partial charge in [0.1, 0.15) is 23.3 Å². The fraction of sp³-hybridized carbons (Fsp3) is 0.463. The molecular weight excluding hydrogens is 774 g/mol. The number of halogens is 1. The number of nitrogens with one attached hydrogen (secondary N) is 3. The number of hydrogen-bond acceptors (Lipinski definition) is 12. The molecule has 1 aliphatic rings. The summed E-state index contributed by atoms with van der Waals surface area (Å²) in [5, 5.41) is 24.5. The Morgan fingerprint density at radius 3 is 2.30 bits per heavy atom. The first kappa shape index (κ1) is 49.0. The van der Waals surface area contributed by atoms with Gasteiger partial charge in [0.25, 0.3) is 0 Å². The van der Waals surface area contributed by atoms with Crippen LogP contribution in [0.3, 0.4) is 0 Å². The van der Waals surface area contributed by atoms with Crippen LogP contribution >= 0.6 is 25.1 Å². The molecule has 314 valence electrons. The maximum atomic E-state index is 12.9. The van der Waals surface area contributed by atoms with Crippen molar-refractivity contribution in [1.82, 2.24) is 26.0 Å². The van der Waals surface area contributed by atoms with Crippen molar-refractivity contribution in [2.24, 2.45) is 0 Å². The number of aryl methyl sites for hydroxylation is 1. The highest BCUT2D eigenvalue weighted by Crippen LogP contribution is 2.23. The van der Waals surface area contributed by atoms with Crippen LogP contribution in [0.25, 0.3) is 11.1 Å². The van der Waals surface area contributed by atoms with E-state index in [-0.39, 0.29) is 43.4 Å². The first-order chi connectivity index (χ1) is 27.3. The van der Waals surface area contributed by atoms with Crippen molar-refractivity contribution in [2.75, 3.05) is 26.2 Å². The maximum Gasteiger partial charge on any atom is 0.407 e. The van der Waals surface area contributed by atoms with Gasteiger partial charge < -0.3 is 34.9 Å². The van der Waals surface area contributed by atoms with Crippen molar-refractivity contribution in [1.29, 1.82) is 0 Å². The molecule has 1 aliphatic heterocycles. The highest BCUT2D eigenvalue weighted by atomic mass is 32.2. The van der Waals surface area contributed by atoms with Gasteiger partial charge in [0.15, 0.2) is 5.58 Å². The van der Waals surface area contributed by atoms with E-state index in [1.54, 1.807) is 17.0 Å². The van der Waals surface area contributed by atoms with Gasteiger partial charge in [-0.2, -0.15) is 9.37 Å². The zero-order chi connectivity index (χ0) is 42.2. The Labute approximate surface area is 345 Å². The molecule has 0 radical (unpaired) electrons. The lowest BCUT2D eigenvalue weighted by Crippen LogP contribution is -2.47. The number of hydroxylamine groups is 1. The van der Waals surface area contributed by atoms with E-state index >= 15 is 0 Å². The molecule has 5 N–H and O–H groups in total. The monoisotopic (exact) mass is 831 g/mol. The molecule has 1 aromatic heterocycles. The molecule has 3 amide bonds. The predicted molar refractivity (Wildman–Crippen MR) is 224 cm³/mol. The molecule has 16 heteroatoms. The van der Waals surface area contributed by atoms with Crippen LogP contribution in [-0.2, 0) is 31.6 Å². The number of alkyl carbamates (subject to hydrolysis) is 1. The van der Waals surface area contributed by atoms with E-state index < -0.39 is 17.7 Å². The normalized spacial score (nSPS) is 13.9. The summed E-state index contributed by atoms with van der Waals surface area (Å²) in [5.74, 6) is -0.229. The second-order valence-corrected chi connectivity index (χ2v) is 14.7. The topological polar surface area (TPSA) is 175 Å². The highest BCUT2D eigenvalue weighted by Gasteiger charge is 2.34. The number of oxazole rings is 1. The van der Waals surface area contributed by atoms with Crippen LogP contribution in [0.1, 0.15) is 89.0 Å². The SMILES string of the molecule is CCCCNC(=O)OC(C)(C)C.CCNOSc1ccc(CC(=O)N2CCCC2C(=O)NCC(O)c2nc3ccccc3o2)cc1.Cc1ccc(CO)cc1.FS. The minimum absolute atomic E-state index is 0.0434. The molecule has 1 saturated heterocycles. The van der Waals surface area contributed by atoms with Crippen LogP contribution in [-0.4, -0.2) is 75.8 Å². The molecule has 5 rings (SSSR count). The molecule has 0 spiro atoms. The van der Waals surface area contributed by atoms with Crippen molar-refractivity contribution in [3.05, 3.63) is 95.4 Å². The lowest BCUT2D eigenvalue weighted by atomic mass is 10.1. The number of carbonyl (C=O) groups is 3. The number of fused-ring (bicyclic) bond motifs is 1. The van der Waals surface area contributed by atoms with Gasteiger partial charge in [-0.15, -0.1) is 0 Å². The van der Waals surface area contributed by atoms with E-state index in [0.717, 1.165) is 35.3 Å². The molecule has 13 nitrogen and oxygen atoms in total. The lowest BCUT2D eigenvalue weighted by Gasteiger charge is -2.24. The van der Waals surface area contributed by atoms with Gasteiger partial charge in [-0.25, -0.2) is 14.1 Å². The minimum atomic E-state index is -1.07. The lowest BCUT2D eigenvalue weighted by molar-refractivity contribution is -0.138. The minimum Gasteiger partial charge on any atom is -0.444 e. The fourth-order valence-electron chi connectivity index (χ4n) is 5.22. The average Bonchev–Trinajstić information content (AvgIpc) is 3.87. The Bertz CT molecular complexity index is 1720. The standard InChI is InChI=1S/C24H28N4O5S.C9H19NO2.C8H10O.FHS/c1-2-26-33-34-17-11-9-16(10-12-17)14-22(30)28-13-5-7-19(28)23(31)25-15-20(29)24-27-18-6-3-4-8-21(18)32-24;1-5-6-7-10-8(11)12-9(2,3)4;1-7-2-4-8(6-9)5-3-7;1-2/h3-4,6,8-12,19-20,26,29H,2,5,7,13-15H2,1H3,(H,25,31);5-7H2,1-4H3,(H,10,11);2-5,9H,6H2,1H3;2H. The van der Waals surface area contributed by atoms with Gasteiger partial charge >= 0.3 is 6.09 Å². The van der Waals surface area contributed by atoms with Crippen molar-refractivity contribution in [2.45, 2.75) is 103 Å². The van der Waals surface area contributed by atoms with E-state index in [4.69, 9.17) is 18.5 Å². The Hall–Kier alpha value is -4.19. The van der Waals surface area contributed by atoms with Gasteiger partial charge in [0.2, 0.25) is 17.7 Å². The third-order valence-electron chi connectivity index (χ3n) is 8.06. The molecule has 3 aromatic carbocycles. The van der Waals surface area contributed by atoms with Crippen LogP contribution in [0.15, 0.2) is 82.1 Å². The van der Waals surface area contributed by atoms with Crippen LogP contribution in [0.4, 0.5) is 8.68 Å². The van der Waals surface area contributed by atoms with Gasteiger partial charge in [0.05, 0.1) is 31.6 Å². The van der Waals surface area contributed by atoms with Crippen LogP contribution in [0.2, 0.25) is 0 Å². The van der Waals surface area contributed by atoms with Gasteiger partial charge in [-0.1, -0.05) is 74.4 Å². The summed E-state index contributed by atoms with van der Waals surface area (Å²) in [6.45, 7) is 13.7. The molecule has 57 heavy (non-hydrogen) atoms. The Morgan fingerprint density at radius 2 is 1.68 bits per heavy atom. The van der Waals surface area contributed by atoms with Gasteiger partial charge in [0, 0.05) is 37.5 Å². The predicted octanol–water partition coefficient (Wildman–Crippen LogP) is 7.36. The number of unbranched alkanes of at least 4 members (excludes halogenated alkanes) is 1. The van der Waals surface area contributed by atoms with E-state index in [9.17, 15) is 23.4 Å². The maximum absolute atomic E-state index is 12.9. The number of carbonyl (C=O) groups excluding carboxylic acids is 3. The van der Waals surface area contributed by atoms with Crippen LogP contribution in [0.5, 0.6) is 0 Å². The zero-order valence-corrected chi connectivity index (χ0v) is 35.3. The van der Waals surface area contributed by atoms with E-state index in [1.165, 1.54) is 17.6 Å². The number of rotatable bonds is 14. The number of aliphatic hydroxyl groups is 2. The molecule has 2 heterocycles. The number of likely N-dealkylation sites (tertiary alicyclic amines) is 1. The number of benzene rings is 3. The molecule has 0 bridgehead atoms.